The second-order valence-corrected chi connectivity index (χ2v) is 4.35. The molecule has 0 spiro atoms. The zero-order valence-corrected chi connectivity index (χ0v) is 8.37. The number of fused-ring (bicyclic) bond motifs is 3. The van der Waals surface area contributed by atoms with Crippen molar-refractivity contribution < 1.29 is 0 Å². The number of piperidine rings is 1. The number of aryl methyl sites for hydroxylation is 1. The lowest BCUT2D eigenvalue weighted by Gasteiger charge is -2.37. The molecule has 3 rings (SSSR count). The summed E-state index contributed by atoms with van der Waals surface area (Å²) in [7, 11) is 0. The molecule has 1 aliphatic carbocycles. The molecule has 1 heterocycles. The van der Waals surface area contributed by atoms with Crippen molar-refractivity contribution >= 4 is 0 Å². The first-order valence-corrected chi connectivity index (χ1v) is 5.59. The quantitative estimate of drug-likeness (QED) is 0.655. The van der Waals surface area contributed by atoms with Crippen LogP contribution < -0.4 is 5.32 Å². The molecule has 1 aliphatic heterocycles. The summed E-state index contributed by atoms with van der Waals surface area (Å²) in [4.78, 5) is 0. The Balaban J connectivity index is 1.99. The summed E-state index contributed by atoms with van der Waals surface area (Å²) in [5.41, 5.74) is 3.13. The van der Waals surface area contributed by atoms with Gasteiger partial charge in [0.05, 0.1) is 0 Å². The fourth-order valence-corrected chi connectivity index (χ4v) is 2.85. The van der Waals surface area contributed by atoms with Gasteiger partial charge in [0.2, 0.25) is 0 Å². The minimum absolute atomic E-state index is 0.675. The zero-order valence-electron chi connectivity index (χ0n) is 8.37. The van der Waals surface area contributed by atoms with Crippen LogP contribution in [-0.4, -0.2) is 12.6 Å². The van der Waals surface area contributed by atoms with E-state index < -0.39 is 0 Å². The van der Waals surface area contributed by atoms with E-state index in [0.717, 1.165) is 0 Å². The molecule has 1 heteroatoms. The lowest BCUT2D eigenvalue weighted by atomic mass is 9.75. The Bertz CT molecular complexity index is 332. The highest BCUT2D eigenvalue weighted by Crippen LogP contribution is 2.36. The van der Waals surface area contributed by atoms with Gasteiger partial charge in [-0.05, 0) is 43.4 Å². The van der Waals surface area contributed by atoms with Crippen LogP contribution >= 0.6 is 0 Å². The smallest absolute Gasteiger partial charge is 0.0142 e. The van der Waals surface area contributed by atoms with E-state index in [0.29, 0.717) is 12.0 Å². The van der Waals surface area contributed by atoms with Crippen molar-refractivity contribution in [3.05, 3.63) is 41.8 Å². The van der Waals surface area contributed by atoms with Gasteiger partial charge in [0.1, 0.15) is 0 Å². The monoisotopic (exact) mass is 186 g/mol. The van der Waals surface area contributed by atoms with Crippen molar-refractivity contribution in [2.24, 2.45) is 0 Å². The first-order valence-electron chi connectivity index (χ1n) is 5.59. The minimum Gasteiger partial charge on any atom is -0.313 e. The molecule has 0 amide bonds. The third kappa shape index (κ3) is 1.27. The minimum atomic E-state index is 0.675. The van der Waals surface area contributed by atoms with Gasteiger partial charge in [-0.15, -0.1) is 0 Å². The van der Waals surface area contributed by atoms with Crippen LogP contribution in [0.5, 0.6) is 0 Å². The van der Waals surface area contributed by atoms with Crippen molar-refractivity contribution in [2.45, 2.75) is 31.2 Å². The van der Waals surface area contributed by atoms with Crippen molar-refractivity contribution in [3.63, 3.8) is 0 Å². The van der Waals surface area contributed by atoms with Gasteiger partial charge in [-0.3, -0.25) is 0 Å². The van der Waals surface area contributed by atoms with Gasteiger partial charge in [0, 0.05) is 12.0 Å². The van der Waals surface area contributed by atoms with Crippen LogP contribution in [0.15, 0.2) is 24.3 Å². The molecule has 2 unspecified atom stereocenters. The molecule has 2 aliphatic rings. The Morgan fingerprint density at radius 2 is 2.14 bits per heavy atom. The summed E-state index contributed by atoms with van der Waals surface area (Å²) >= 11 is 0. The molecule has 1 fully saturated rings. The van der Waals surface area contributed by atoms with E-state index >= 15 is 0 Å². The van der Waals surface area contributed by atoms with Crippen LogP contribution in [0.4, 0.5) is 0 Å². The maximum Gasteiger partial charge on any atom is 0.0142 e. The summed E-state index contributed by atoms with van der Waals surface area (Å²) < 4.78 is 0. The Labute approximate surface area is 85.5 Å². The highest BCUT2D eigenvalue weighted by Gasteiger charge is 2.30. The van der Waals surface area contributed by atoms with Crippen LogP contribution in [0, 0.1) is 6.42 Å². The predicted octanol–water partition coefficient (Wildman–Crippen LogP) is 2.28. The Morgan fingerprint density at radius 3 is 3.14 bits per heavy atom. The molecule has 2 atom stereocenters. The zero-order chi connectivity index (χ0) is 9.38. The molecule has 73 valence electrons. The van der Waals surface area contributed by atoms with E-state index in [9.17, 15) is 0 Å². The highest BCUT2D eigenvalue weighted by atomic mass is 14.9. The van der Waals surface area contributed by atoms with E-state index in [1.807, 2.05) is 0 Å². The first-order chi connectivity index (χ1) is 6.95. The third-order valence-electron chi connectivity index (χ3n) is 3.54. The van der Waals surface area contributed by atoms with E-state index in [4.69, 9.17) is 0 Å². The molecular weight excluding hydrogens is 170 g/mol. The topological polar surface area (TPSA) is 12.0 Å². The molecule has 0 aromatic heterocycles. The second kappa shape index (κ2) is 3.39. The summed E-state index contributed by atoms with van der Waals surface area (Å²) in [6.07, 6.45) is 6.27. The second-order valence-electron chi connectivity index (χ2n) is 4.35. The normalized spacial score (nSPS) is 30.6. The summed E-state index contributed by atoms with van der Waals surface area (Å²) in [6, 6.07) is 9.63. The van der Waals surface area contributed by atoms with E-state index in [1.165, 1.54) is 25.8 Å². The average molecular weight is 186 g/mol. The van der Waals surface area contributed by atoms with Crippen molar-refractivity contribution in [1.82, 2.24) is 5.32 Å². The number of nitrogens with one attached hydrogen (secondary N) is 1. The van der Waals surface area contributed by atoms with E-state index in [-0.39, 0.29) is 0 Å². The molecular formula is C13H16N. The SMILES string of the molecule is [CH]1CCNC2CCc3ccccc3C12. The van der Waals surface area contributed by atoms with Crippen molar-refractivity contribution in [1.29, 1.82) is 0 Å². The molecule has 1 radical (unpaired) electrons. The summed E-state index contributed by atoms with van der Waals surface area (Å²) in [5.74, 6) is 0.675. The van der Waals surface area contributed by atoms with Gasteiger partial charge in [-0.1, -0.05) is 24.3 Å². The Hall–Kier alpha value is -0.820. The fourth-order valence-electron chi connectivity index (χ4n) is 2.85. The molecule has 14 heavy (non-hydrogen) atoms. The van der Waals surface area contributed by atoms with Crippen LogP contribution in [0.3, 0.4) is 0 Å². The third-order valence-corrected chi connectivity index (χ3v) is 3.54. The van der Waals surface area contributed by atoms with Gasteiger partial charge >= 0.3 is 0 Å². The molecule has 1 N–H and O–H groups in total. The number of hydrogen-bond acceptors (Lipinski definition) is 1. The molecule has 0 bridgehead atoms. The predicted molar refractivity (Wildman–Crippen MR) is 58.2 cm³/mol. The summed E-state index contributed by atoms with van der Waals surface area (Å²) in [6.45, 7) is 1.17. The first kappa shape index (κ1) is 8.49. The standard InChI is InChI=1S/C13H16N/c1-2-5-11-10(4-1)7-8-13-12(11)6-3-9-14-13/h1-2,4-6,12-14H,3,7-9H2. The maximum absolute atomic E-state index is 3.63. The van der Waals surface area contributed by atoms with Crippen molar-refractivity contribution in [2.75, 3.05) is 6.54 Å². The van der Waals surface area contributed by atoms with Crippen LogP contribution in [0.2, 0.25) is 0 Å². The molecule has 0 saturated carbocycles. The molecule has 1 aromatic rings. The number of hydrogen-bond donors (Lipinski definition) is 1. The van der Waals surface area contributed by atoms with E-state index in [1.54, 1.807) is 11.1 Å². The van der Waals surface area contributed by atoms with Gasteiger partial charge in [0.15, 0.2) is 0 Å². The van der Waals surface area contributed by atoms with Gasteiger partial charge in [-0.2, -0.15) is 0 Å². The van der Waals surface area contributed by atoms with Crippen LogP contribution in [0.1, 0.15) is 29.9 Å². The van der Waals surface area contributed by atoms with Gasteiger partial charge < -0.3 is 5.32 Å². The molecule has 1 nitrogen and oxygen atoms in total. The van der Waals surface area contributed by atoms with Crippen LogP contribution in [-0.2, 0) is 6.42 Å². The highest BCUT2D eigenvalue weighted by molar-refractivity contribution is 5.36. The maximum atomic E-state index is 3.63. The van der Waals surface area contributed by atoms with Gasteiger partial charge in [-0.25, -0.2) is 0 Å². The van der Waals surface area contributed by atoms with Crippen molar-refractivity contribution in [3.8, 4) is 0 Å². The Morgan fingerprint density at radius 1 is 1.21 bits per heavy atom. The fraction of sp³-hybridized carbons (Fsp3) is 0.462. The van der Waals surface area contributed by atoms with E-state index in [2.05, 4.69) is 36.0 Å². The summed E-state index contributed by atoms with van der Waals surface area (Å²) in [5, 5.41) is 3.63. The lowest BCUT2D eigenvalue weighted by molar-refractivity contribution is 0.373. The molecule has 1 saturated heterocycles. The molecule has 1 aromatic carbocycles. The average Bonchev–Trinajstić information content (AvgIpc) is 2.29. The van der Waals surface area contributed by atoms with Crippen LogP contribution in [0.25, 0.3) is 0 Å². The Kier molecular flexibility index (Phi) is 2.06. The number of rotatable bonds is 0. The number of benzene rings is 1. The largest absolute Gasteiger partial charge is 0.313 e. The van der Waals surface area contributed by atoms with Gasteiger partial charge in [0.25, 0.3) is 0 Å². The lowest BCUT2D eigenvalue weighted by Crippen LogP contribution is -2.42.